The highest BCUT2D eigenvalue weighted by Crippen LogP contribution is 2.21. The van der Waals surface area contributed by atoms with Gasteiger partial charge in [-0.15, -0.1) is 0 Å². The number of carbonyl (C=O) groups is 2. The number of nitrogens with zero attached hydrogens (tertiary/aromatic N) is 5. The number of amides is 2. The summed E-state index contributed by atoms with van der Waals surface area (Å²) in [5, 5.41) is 11.2. The maximum absolute atomic E-state index is 13.4. The topological polar surface area (TPSA) is 85.1 Å². The lowest BCUT2D eigenvalue weighted by Crippen LogP contribution is -2.53. The zero-order valence-electron chi connectivity index (χ0n) is 16.0. The molecule has 150 valence electrons. The van der Waals surface area contributed by atoms with E-state index < -0.39 is 11.9 Å². The molecule has 1 atom stereocenters. The van der Waals surface area contributed by atoms with Crippen molar-refractivity contribution in [3.63, 3.8) is 0 Å². The maximum Gasteiger partial charge on any atom is 0.272 e. The number of hydrogen-bond donors (Lipinski definition) is 1. The van der Waals surface area contributed by atoms with E-state index in [4.69, 9.17) is 0 Å². The number of piperidine rings is 1. The SMILES string of the molecule is CCn1nccc1N1CCCC(NC(=O)c2ccn(-c3cccc(F)c3)n2)C1=O. The van der Waals surface area contributed by atoms with Crippen LogP contribution in [0, 0.1) is 5.82 Å². The average Bonchev–Trinajstić information content (AvgIpc) is 3.39. The van der Waals surface area contributed by atoms with Crippen LogP contribution in [0.5, 0.6) is 0 Å². The predicted octanol–water partition coefficient (Wildman–Crippen LogP) is 2.15. The summed E-state index contributed by atoms with van der Waals surface area (Å²) in [5.74, 6) is -0.260. The third kappa shape index (κ3) is 3.75. The molecule has 1 unspecified atom stereocenters. The zero-order valence-corrected chi connectivity index (χ0v) is 16.0. The lowest BCUT2D eigenvalue weighted by atomic mass is 10.0. The van der Waals surface area contributed by atoms with E-state index in [9.17, 15) is 14.0 Å². The maximum atomic E-state index is 13.4. The van der Waals surface area contributed by atoms with Gasteiger partial charge >= 0.3 is 0 Å². The number of rotatable bonds is 5. The Morgan fingerprint density at radius 2 is 2.17 bits per heavy atom. The van der Waals surface area contributed by atoms with E-state index in [1.807, 2.05) is 6.92 Å². The van der Waals surface area contributed by atoms with E-state index in [0.29, 0.717) is 25.2 Å². The second-order valence-corrected chi connectivity index (χ2v) is 6.79. The molecule has 1 N–H and O–H groups in total. The molecule has 1 fully saturated rings. The number of anilines is 1. The minimum atomic E-state index is -0.629. The highest BCUT2D eigenvalue weighted by molar-refractivity contribution is 6.01. The van der Waals surface area contributed by atoms with Gasteiger partial charge in [0, 0.05) is 25.4 Å². The van der Waals surface area contributed by atoms with Crippen molar-refractivity contribution in [3.05, 3.63) is 60.3 Å². The number of halogens is 1. The van der Waals surface area contributed by atoms with Crippen molar-refractivity contribution in [2.24, 2.45) is 0 Å². The molecule has 1 aliphatic rings. The van der Waals surface area contributed by atoms with Gasteiger partial charge in [-0.05, 0) is 44.0 Å². The number of aryl methyl sites for hydroxylation is 1. The minimum Gasteiger partial charge on any atom is -0.339 e. The number of carbonyl (C=O) groups excluding carboxylic acids is 2. The summed E-state index contributed by atoms with van der Waals surface area (Å²) in [6.45, 7) is 3.20. The summed E-state index contributed by atoms with van der Waals surface area (Å²) in [6.07, 6.45) is 4.57. The van der Waals surface area contributed by atoms with Crippen molar-refractivity contribution >= 4 is 17.6 Å². The molecule has 4 rings (SSSR count). The van der Waals surface area contributed by atoms with E-state index in [1.165, 1.54) is 22.9 Å². The van der Waals surface area contributed by atoms with Crippen LogP contribution in [0.1, 0.15) is 30.3 Å². The summed E-state index contributed by atoms with van der Waals surface area (Å²) in [6, 6.07) is 8.64. The summed E-state index contributed by atoms with van der Waals surface area (Å²) < 4.78 is 16.6. The summed E-state index contributed by atoms with van der Waals surface area (Å²) in [7, 11) is 0. The molecule has 8 nitrogen and oxygen atoms in total. The van der Waals surface area contributed by atoms with Crippen molar-refractivity contribution in [2.75, 3.05) is 11.4 Å². The van der Waals surface area contributed by atoms with Crippen molar-refractivity contribution in [1.29, 1.82) is 0 Å². The van der Waals surface area contributed by atoms with Crippen LogP contribution < -0.4 is 10.2 Å². The molecule has 2 aromatic heterocycles. The van der Waals surface area contributed by atoms with Gasteiger partial charge < -0.3 is 5.32 Å². The van der Waals surface area contributed by atoms with Crippen molar-refractivity contribution in [1.82, 2.24) is 24.9 Å². The molecule has 29 heavy (non-hydrogen) atoms. The Bertz CT molecular complexity index is 1040. The molecule has 0 saturated carbocycles. The van der Waals surface area contributed by atoms with Gasteiger partial charge in [-0.2, -0.15) is 10.2 Å². The lowest BCUT2D eigenvalue weighted by Gasteiger charge is -2.32. The summed E-state index contributed by atoms with van der Waals surface area (Å²) >= 11 is 0. The average molecular weight is 396 g/mol. The number of aromatic nitrogens is 4. The highest BCUT2D eigenvalue weighted by atomic mass is 19.1. The van der Waals surface area contributed by atoms with Crippen LogP contribution >= 0.6 is 0 Å². The van der Waals surface area contributed by atoms with Crippen LogP contribution in [0.2, 0.25) is 0 Å². The van der Waals surface area contributed by atoms with Gasteiger partial charge in [0.05, 0.1) is 11.9 Å². The van der Waals surface area contributed by atoms with Gasteiger partial charge in [-0.25, -0.2) is 13.8 Å². The molecule has 3 heterocycles. The van der Waals surface area contributed by atoms with Gasteiger partial charge in [-0.1, -0.05) is 6.07 Å². The van der Waals surface area contributed by atoms with Crippen LogP contribution in [0.15, 0.2) is 48.8 Å². The Morgan fingerprint density at radius 3 is 2.97 bits per heavy atom. The van der Waals surface area contributed by atoms with Crippen molar-refractivity contribution in [3.8, 4) is 5.69 Å². The molecule has 0 bridgehead atoms. The summed E-state index contributed by atoms with van der Waals surface area (Å²) in [4.78, 5) is 27.2. The predicted molar refractivity (Wildman–Crippen MR) is 104 cm³/mol. The molecule has 3 aromatic rings. The van der Waals surface area contributed by atoms with Gasteiger partial charge in [-0.3, -0.25) is 14.5 Å². The molecule has 0 aliphatic carbocycles. The van der Waals surface area contributed by atoms with E-state index in [2.05, 4.69) is 15.5 Å². The Kier molecular flexibility index (Phi) is 5.11. The largest absolute Gasteiger partial charge is 0.339 e. The third-order valence-corrected chi connectivity index (χ3v) is 4.91. The van der Waals surface area contributed by atoms with Crippen LogP contribution in [0.4, 0.5) is 10.2 Å². The lowest BCUT2D eigenvalue weighted by molar-refractivity contribution is -0.121. The van der Waals surface area contributed by atoms with Gasteiger partial charge in [0.25, 0.3) is 11.8 Å². The Morgan fingerprint density at radius 1 is 1.31 bits per heavy atom. The molecule has 9 heteroatoms. The number of hydrogen-bond acceptors (Lipinski definition) is 4. The molecule has 0 radical (unpaired) electrons. The first-order valence-electron chi connectivity index (χ1n) is 9.52. The molecule has 1 saturated heterocycles. The monoisotopic (exact) mass is 396 g/mol. The first-order chi connectivity index (χ1) is 14.1. The molecule has 1 aliphatic heterocycles. The van der Waals surface area contributed by atoms with E-state index in [1.54, 1.807) is 40.2 Å². The second kappa shape index (κ2) is 7.86. The zero-order chi connectivity index (χ0) is 20.4. The standard InChI is InChI=1S/C20H21FN6O2/c1-2-26-18(8-10-22-26)25-11-4-7-17(20(25)29)23-19(28)16-9-12-27(24-16)15-6-3-5-14(21)13-15/h3,5-6,8-10,12-13,17H,2,4,7,11H2,1H3,(H,23,28). The van der Waals surface area contributed by atoms with Crippen molar-refractivity contribution < 1.29 is 14.0 Å². The quantitative estimate of drug-likeness (QED) is 0.716. The molecule has 0 spiro atoms. The number of nitrogens with one attached hydrogen (secondary N) is 1. The molecular formula is C20H21FN6O2. The Balaban J connectivity index is 1.47. The highest BCUT2D eigenvalue weighted by Gasteiger charge is 2.32. The second-order valence-electron chi connectivity index (χ2n) is 6.79. The summed E-state index contributed by atoms with van der Waals surface area (Å²) in [5.41, 5.74) is 0.676. The fourth-order valence-corrected chi connectivity index (χ4v) is 3.47. The Hall–Kier alpha value is -3.49. The van der Waals surface area contributed by atoms with E-state index in [0.717, 1.165) is 12.2 Å². The van der Waals surface area contributed by atoms with Crippen molar-refractivity contribution in [2.45, 2.75) is 32.4 Å². The first kappa shape index (κ1) is 18.9. The molecule has 2 amide bonds. The number of benzene rings is 1. The van der Waals surface area contributed by atoms with Crippen LogP contribution in [-0.2, 0) is 11.3 Å². The van der Waals surface area contributed by atoms with Crippen LogP contribution in [0.3, 0.4) is 0 Å². The smallest absolute Gasteiger partial charge is 0.272 e. The molecule has 1 aromatic carbocycles. The van der Waals surface area contributed by atoms with Gasteiger partial charge in [0.15, 0.2) is 5.69 Å². The van der Waals surface area contributed by atoms with E-state index in [-0.39, 0.29) is 17.4 Å². The van der Waals surface area contributed by atoms with Gasteiger partial charge in [0.2, 0.25) is 0 Å². The first-order valence-corrected chi connectivity index (χ1v) is 9.52. The van der Waals surface area contributed by atoms with Crippen LogP contribution in [-0.4, -0.2) is 44.0 Å². The van der Waals surface area contributed by atoms with Crippen LogP contribution in [0.25, 0.3) is 5.69 Å². The fourth-order valence-electron chi connectivity index (χ4n) is 3.47. The normalized spacial score (nSPS) is 16.8. The van der Waals surface area contributed by atoms with Gasteiger partial charge in [0.1, 0.15) is 17.7 Å². The minimum absolute atomic E-state index is 0.163. The fraction of sp³-hybridized carbons (Fsp3) is 0.300. The Labute approximate surface area is 166 Å². The molecular weight excluding hydrogens is 375 g/mol. The third-order valence-electron chi connectivity index (χ3n) is 4.91. The van der Waals surface area contributed by atoms with E-state index >= 15 is 0 Å².